The van der Waals surface area contributed by atoms with E-state index in [1.54, 1.807) is 29.6 Å². The SMILES string of the molecule is NC(=O)c1c(-c2ccc(Br)cc2)csc1-n1c(C(=O)O)nc2ccccc21. The Labute approximate surface area is 166 Å². The number of nitrogens with two attached hydrogens (primary N) is 1. The third-order valence-electron chi connectivity index (χ3n) is 4.13. The molecule has 2 aromatic carbocycles. The van der Waals surface area contributed by atoms with Crippen LogP contribution in [0.25, 0.3) is 27.2 Å². The van der Waals surface area contributed by atoms with Gasteiger partial charge in [-0.2, -0.15) is 0 Å². The van der Waals surface area contributed by atoms with E-state index in [0.717, 1.165) is 10.0 Å². The quantitative estimate of drug-likeness (QED) is 0.492. The summed E-state index contributed by atoms with van der Waals surface area (Å²) in [7, 11) is 0. The Morgan fingerprint density at radius 1 is 1.11 bits per heavy atom. The number of halogens is 1. The molecule has 0 unspecified atom stereocenters. The smallest absolute Gasteiger partial charge is 0.372 e. The number of primary amides is 1. The maximum Gasteiger partial charge on any atom is 0.372 e. The van der Waals surface area contributed by atoms with Crippen LogP contribution in [0.5, 0.6) is 0 Å². The van der Waals surface area contributed by atoms with Crippen LogP contribution in [0.4, 0.5) is 0 Å². The molecular weight excluding hydrogens is 430 g/mol. The van der Waals surface area contributed by atoms with Gasteiger partial charge >= 0.3 is 5.97 Å². The fourth-order valence-electron chi connectivity index (χ4n) is 2.97. The Balaban J connectivity index is 2.02. The van der Waals surface area contributed by atoms with Crippen LogP contribution in [0.3, 0.4) is 0 Å². The average molecular weight is 442 g/mol. The zero-order chi connectivity index (χ0) is 19.1. The first-order valence-electron chi connectivity index (χ1n) is 7.85. The van der Waals surface area contributed by atoms with Gasteiger partial charge in [0.25, 0.3) is 5.91 Å². The first-order valence-corrected chi connectivity index (χ1v) is 9.53. The Morgan fingerprint density at radius 2 is 1.81 bits per heavy atom. The van der Waals surface area contributed by atoms with Crippen molar-refractivity contribution in [2.75, 3.05) is 0 Å². The summed E-state index contributed by atoms with van der Waals surface area (Å²) in [6.07, 6.45) is 0. The summed E-state index contributed by atoms with van der Waals surface area (Å²) in [5, 5.41) is 11.9. The van der Waals surface area contributed by atoms with E-state index in [0.29, 0.717) is 21.6 Å². The Morgan fingerprint density at radius 3 is 2.48 bits per heavy atom. The number of thiophene rings is 1. The van der Waals surface area contributed by atoms with Gasteiger partial charge in [0.2, 0.25) is 5.82 Å². The number of nitrogens with zero attached hydrogens (tertiary/aromatic N) is 2. The van der Waals surface area contributed by atoms with E-state index in [1.165, 1.54) is 15.9 Å². The summed E-state index contributed by atoms with van der Waals surface area (Å²) in [6.45, 7) is 0. The highest BCUT2D eigenvalue weighted by atomic mass is 79.9. The fourth-order valence-corrected chi connectivity index (χ4v) is 4.33. The van der Waals surface area contributed by atoms with Gasteiger partial charge < -0.3 is 10.8 Å². The summed E-state index contributed by atoms with van der Waals surface area (Å²) < 4.78 is 2.39. The fraction of sp³-hybridized carbons (Fsp3) is 0. The number of carboxylic acid groups (broad SMARTS) is 1. The van der Waals surface area contributed by atoms with Crippen LogP contribution in [-0.2, 0) is 0 Å². The van der Waals surface area contributed by atoms with Crippen LogP contribution < -0.4 is 5.73 Å². The van der Waals surface area contributed by atoms with E-state index in [-0.39, 0.29) is 11.4 Å². The Hall–Kier alpha value is -2.97. The number of rotatable bonds is 4. The lowest BCUT2D eigenvalue weighted by Crippen LogP contribution is -2.16. The molecule has 4 rings (SSSR count). The summed E-state index contributed by atoms with van der Waals surface area (Å²) in [6, 6.07) is 14.5. The lowest BCUT2D eigenvalue weighted by Gasteiger charge is -2.08. The van der Waals surface area contributed by atoms with Gasteiger partial charge in [-0.15, -0.1) is 11.3 Å². The third kappa shape index (κ3) is 2.92. The number of imidazole rings is 1. The molecule has 27 heavy (non-hydrogen) atoms. The molecule has 0 bridgehead atoms. The molecule has 0 aliphatic rings. The van der Waals surface area contributed by atoms with Crippen molar-refractivity contribution in [1.82, 2.24) is 9.55 Å². The van der Waals surface area contributed by atoms with Gasteiger partial charge in [0, 0.05) is 15.4 Å². The van der Waals surface area contributed by atoms with E-state index >= 15 is 0 Å². The number of amides is 1. The van der Waals surface area contributed by atoms with E-state index in [4.69, 9.17) is 5.73 Å². The number of benzene rings is 2. The van der Waals surface area contributed by atoms with Gasteiger partial charge in [-0.25, -0.2) is 9.78 Å². The minimum absolute atomic E-state index is 0.164. The monoisotopic (exact) mass is 441 g/mol. The van der Waals surface area contributed by atoms with Crippen LogP contribution in [-0.4, -0.2) is 26.5 Å². The van der Waals surface area contributed by atoms with Gasteiger partial charge in [-0.1, -0.05) is 40.2 Å². The predicted octanol–water partition coefficient (Wildman–Crippen LogP) is 4.31. The number of aromatic nitrogens is 2. The topological polar surface area (TPSA) is 98.2 Å². The predicted molar refractivity (Wildman–Crippen MR) is 108 cm³/mol. The lowest BCUT2D eigenvalue weighted by molar-refractivity contribution is 0.0681. The van der Waals surface area contributed by atoms with Crippen molar-refractivity contribution in [1.29, 1.82) is 0 Å². The van der Waals surface area contributed by atoms with E-state index < -0.39 is 11.9 Å². The molecule has 1 amide bonds. The van der Waals surface area contributed by atoms with Gasteiger partial charge in [-0.05, 0) is 29.8 Å². The summed E-state index contributed by atoms with van der Waals surface area (Å²) >= 11 is 4.64. The first-order chi connectivity index (χ1) is 13.0. The number of fused-ring (bicyclic) bond motifs is 1. The van der Waals surface area contributed by atoms with Crippen molar-refractivity contribution in [3.8, 4) is 16.1 Å². The van der Waals surface area contributed by atoms with Crippen LogP contribution in [0, 0.1) is 0 Å². The first kappa shape index (κ1) is 17.4. The third-order valence-corrected chi connectivity index (χ3v) is 5.62. The number of carboxylic acids is 1. The zero-order valence-corrected chi connectivity index (χ0v) is 16.1. The average Bonchev–Trinajstić information content (AvgIpc) is 3.23. The second kappa shape index (κ2) is 6.64. The lowest BCUT2D eigenvalue weighted by atomic mass is 10.0. The summed E-state index contributed by atoms with van der Waals surface area (Å²) in [5.41, 5.74) is 8.55. The van der Waals surface area contributed by atoms with Gasteiger partial charge in [0.15, 0.2) is 0 Å². The Bertz CT molecular complexity index is 1190. The maximum atomic E-state index is 12.3. The van der Waals surface area contributed by atoms with Gasteiger partial charge in [0.1, 0.15) is 5.00 Å². The molecule has 2 heterocycles. The van der Waals surface area contributed by atoms with Crippen LogP contribution in [0.1, 0.15) is 21.0 Å². The van der Waals surface area contributed by atoms with Gasteiger partial charge in [-0.3, -0.25) is 9.36 Å². The molecule has 0 saturated carbocycles. The highest BCUT2D eigenvalue weighted by Crippen LogP contribution is 2.36. The van der Waals surface area contributed by atoms with Crippen molar-refractivity contribution in [2.24, 2.45) is 5.73 Å². The molecule has 0 aliphatic carbocycles. The minimum Gasteiger partial charge on any atom is -0.475 e. The van der Waals surface area contributed by atoms with Gasteiger partial charge in [0.05, 0.1) is 16.6 Å². The zero-order valence-electron chi connectivity index (χ0n) is 13.7. The van der Waals surface area contributed by atoms with Crippen molar-refractivity contribution < 1.29 is 14.7 Å². The standard InChI is InChI=1S/C19H12BrN3O3S/c20-11-7-5-10(6-8-11)12-9-27-18(15(12)16(21)24)23-14-4-2-1-3-13(14)22-17(23)19(25)26/h1-9H,(H2,21,24)(H,25,26). The number of hydrogen-bond donors (Lipinski definition) is 2. The number of para-hydroxylation sites is 2. The molecule has 134 valence electrons. The molecule has 0 radical (unpaired) electrons. The van der Waals surface area contributed by atoms with E-state index in [2.05, 4.69) is 20.9 Å². The highest BCUT2D eigenvalue weighted by Gasteiger charge is 2.25. The molecule has 3 N–H and O–H groups in total. The van der Waals surface area contributed by atoms with Crippen molar-refractivity contribution in [3.63, 3.8) is 0 Å². The largest absolute Gasteiger partial charge is 0.475 e. The van der Waals surface area contributed by atoms with Crippen LogP contribution in [0.15, 0.2) is 58.4 Å². The van der Waals surface area contributed by atoms with E-state index in [1.807, 2.05) is 24.3 Å². The molecular formula is C19H12BrN3O3S. The summed E-state index contributed by atoms with van der Waals surface area (Å²) in [5.74, 6) is -1.97. The molecule has 4 aromatic rings. The van der Waals surface area contributed by atoms with Crippen LogP contribution in [0.2, 0.25) is 0 Å². The number of aromatic carboxylic acids is 1. The maximum absolute atomic E-state index is 12.3. The number of carbonyl (C=O) groups excluding carboxylic acids is 1. The highest BCUT2D eigenvalue weighted by molar-refractivity contribution is 9.10. The minimum atomic E-state index is -1.18. The number of hydrogen-bond acceptors (Lipinski definition) is 4. The van der Waals surface area contributed by atoms with E-state index in [9.17, 15) is 14.7 Å². The van der Waals surface area contributed by atoms with Crippen LogP contribution >= 0.6 is 27.3 Å². The van der Waals surface area contributed by atoms with Crippen molar-refractivity contribution in [2.45, 2.75) is 0 Å². The molecule has 0 fully saturated rings. The summed E-state index contributed by atoms with van der Waals surface area (Å²) in [4.78, 5) is 28.2. The second-order valence-corrected chi connectivity index (χ2v) is 7.54. The molecule has 0 spiro atoms. The molecule has 8 heteroatoms. The Kier molecular flexibility index (Phi) is 4.29. The normalized spacial score (nSPS) is 11.0. The molecule has 0 aliphatic heterocycles. The molecule has 0 saturated heterocycles. The van der Waals surface area contributed by atoms with Crippen molar-refractivity contribution >= 4 is 50.2 Å². The van der Waals surface area contributed by atoms with Crippen molar-refractivity contribution in [3.05, 3.63) is 69.8 Å². The number of carbonyl (C=O) groups is 2. The molecule has 0 atom stereocenters. The molecule has 6 nitrogen and oxygen atoms in total. The molecule has 2 aromatic heterocycles. The second-order valence-electron chi connectivity index (χ2n) is 5.77.